The lowest BCUT2D eigenvalue weighted by atomic mass is 9.85. The molecule has 1 aliphatic carbocycles. The van der Waals surface area contributed by atoms with Crippen molar-refractivity contribution in [2.45, 2.75) is 185 Å². The fraction of sp³-hybridized carbons (Fsp3) is 0.865. The second-order valence-corrected chi connectivity index (χ2v) is 14.8. The Hall–Kier alpha value is -1.18. The standard InChI is InChI=1S/C37H69O12P/c1-3-5-7-9-11-13-15-16-17-18-20-22-24-26-31(38)48-30(28-46-27-25-23-21-19-14-12-10-8-6-4-2)29-47-50(44,45)49-37-35(42)33(40)32(39)34(41)36(37)43/h7,9,13,15,30,32-37,39-43H,3-6,8,10-12,14,16-29H2,1-2H3,(H,44,45)/b9-7-,15-13-. The molecule has 1 saturated carbocycles. The van der Waals surface area contributed by atoms with Crippen LogP contribution in [-0.2, 0) is 27.9 Å². The Labute approximate surface area is 300 Å². The van der Waals surface area contributed by atoms with Crippen molar-refractivity contribution in [1.29, 1.82) is 0 Å². The van der Waals surface area contributed by atoms with Crippen LogP contribution >= 0.6 is 7.82 Å². The Bertz CT molecular complexity index is 931. The van der Waals surface area contributed by atoms with Crippen LogP contribution in [0.1, 0.15) is 142 Å². The summed E-state index contributed by atoms with van der Waals surface area (Å²) in [7, 11) is -5.01. The van der Waals surface area contributed by atoms with Crippen LogP contribution in [0.15, 0.2) is 24.3 Å². The molecule has 1 rings (SSSR count). The molecule has 1 fully saturated rings. The van der Waals surface area contributed by atoms with Crippen LogP contribution in [0.5, 0.6) is 0 Å². The molecule has 0 amide bonds. The molecule has 6 atom stereocenters. The fourth-order valence-electron chi connectivity index (χ4n) is 5.69. The maximum Gasteiger partial charge on any atom is 0.472 e. The highest BCUT2D eigenvalue weighted by atomic mass is 31.2. The second-order valence-electron chi connectivity index (χ2n) is 13.4. The van der Waals surface area contributed by atoms with Gasteiger partial charge in [0.1, 0.15) is 42.7 Å². The molecule has 0 aliphatic heterocycles. The topological polar surface area (TPSA) is 192 Å². The minimum atomic E-state index is -5.01. The van der Waals surface area contributed by atoms with Gasteiger partial charge in [-0.05, 0) is 38.5 Å². The van der Waals surface area contributed by atoms with Crippen molar-refractivity contribution >= 4 is 13.8 Å². The Morgan fingerprint density at radius 2 is 1.16 bits per heavy atom. The number of hydrogen-bond acceptors (Lipinski definition) is 11. The van der Waals surface area contributed by atoms with Gasteiger partial charge in [-0.15, -0.1) is 0 Å². The summed E-state index contributed by atoms with van der Waals surface area (Å²) in [5.74, 6) is -0.493. The van der Waals surface area contributed by atoms with Gasteiger partial charge in [-0.25, -0.2) is 4.57 Å². The number of unbranched alkanes of at least 4 members (excludes halogenated alkanes) is 15. The SMILES string of the molecule is CCC/C=C\C/C=C\CCCCCCCC(=O)OC(COCCCCCCCCCCCC)COP(=O)(O)OC1C(O)C(O)C(O)C(O)C1O. The number of aliphatic hydroxyl groups is 5. The normalized spacial score (nSPS) is 24.6. The number of carbonyl (C=O) groups is 1. The van der Waals surface area contributed by atoms with Crippen LogP contribution in [0.2, 0.25) is 0 Å². The van der Waals surface area contributed by atoms with E-state index in [0.717, 1.165) is 70.6 Å². The third-order valence-corrected chi connectivity index (χ3v) is 9.79. The molecule has 6 unspecified atom stereocenters. The highest BCUT2D eigenvalue weighted by Gasteiger charge is 2.51. The first-order valence-corrected chi connectivity index (χ1v) is 20.7. The summed E-state index contributed by atoms with van der Waals surface area (Å²) in [5, 5.41) is 49.9. The van der Waals surface area contributed by atoms with E-state index in [2.05, 4.69) is 38.2 Å². The summed E-state index contributed by atoms with van der Waals surface area (Å²) < 4.78 is 33.9. The molecule has 0 aromatic carbocycles. The van der Waals surface area contributed by atoms with Crippen LogP contribution in [0, 0.1) is 0 Å². The van der Waals surface area contributed by atoms with Gasteiger partial charge in [0.25, 0.3) is 0 Å². The molecule has 0 spiro atoms. The van der Waals surface area contributed by atoms with Crippen molar-refractivity contribution in [2.24, 2.45) is 0 Å². The van der Waals surface area contributed by atoms with Gasteiger partial charge in [-0.2, -0.15) is 0 Å². The Morgan fingerprint density at radius 1 is 0.640 bits per heavy atom. The molecule has 50 heavy (non-hydrogen) atoms. The van der Waals surface area contributed by atoms with Crippen LogP contribution in [-0.4, -0.2) is 98.9 Å². The number of phosphoric acid groups is 1. The molecule has 0 saturated heterocycles. The highest BCUT2D eigenvalue weighted by Crippen LogP contribution is 2.47. The number of aliphatic hydroxyl groups excluding tert-OH is 5. The molecule has 0 aromatic rings. The summed E-state index contributed by atoms with van der Waals surface area (Å²) in [6.45, 7) is 4.13. The summed E-state index contributed by atoms with van der Waals surface area (Å²) in [4.78, 5) is 23.0. The molecule has 0 radical (unpaired) electrons. The maximum absolute atomic E-state index is 12.7. The zero-order valence-corrected chi connectivity index (χ0v) is 31.6. The number of rotatable bonds is 31. The van der Waals surface area contributed by atoms with Gasteiger partial charge in [0.05, 0.1) is 13.2 Å². The summed E-state index contributed by atoms with van der Waals surface area (Å²) in [5.41, 5.74) is 0. The first-order chi connectivity index (χ1) is 24.0. The molecule has 13 heteroatoms. The fourth-order valence-corrected chi connectivity index (χ4v) is 6.66. The minimum absolute atomic E-state index is 0.0800. The lowest BCUT2D eigenvalue weighted by molar-refractivity contribution is -0.220. The molecule has 294 valence electrons. The highest BCUT2D eigenvalue weighted by molar-refractivity contribution is 7.47. The van der Waals surface area contributed by atoms with E-state index in [0.29, 0.717) is 13.0 Å². The van der Waals surface area contributed by atoms with Gasteiger partial charge in [0.15, 0.2) is 0 Å². The van der Waals surface area contributed by atoms with Crippen LogP contribution < -0.4 is 0 Å². The summed E-state index contributed by atoms with van der Waals surface area (Å²) in [6.07, 6.45) is 16.9. The lowest BCUT2D eigenvalue weighted by Gasteiger charge is -2.41. The van der Waals surface area contributed by atoms with Crippen LogP contribution in [0.4, 0.5) is 0 Å². The molecular weight excluding hydrogens is 667 g/mol. The van der Waals surface area contributed by atoms with E-state index < -0.39 is 63.1 Å². The quantitative estimate of drug-likeness (QED) is 0.0205. The number of hydrogen-bond donors (Lipinski definition) is 6. The van der Waals surface area contributed by atoms with Crippen molar-refractivity contribution < 1.29 is 58.3 Å². The van der Waals surface area contributed by atoms with Crippen molar-refractivity contribution in [3.8, 4) is 0 Å². The van der Waals surface area contributed by atoms with E-state index in [1.165, 1.54) is 44.9 Å². The van der Waals surface area contributed by atoms with Crippen molar-refractivity contribution in [3.05, 3.63) is 24.3 Å². The predicted molar refractivity (Wildman–Crippen MR) is 193 cm³/mol. The number of ether oxygens (including phenoxy) is 2. The summed E-state index contributed by atoms with van der Waals surface area (Å²) in [6, 6.07) is 0. The third kappa shape index (κ3) is 22.0. The van der Waals surface area contributed by atoms with Gasteiger partial charge in [-0.3, -0.25) is 13.8 Å². The van der Waals surface area contributed by atoms with E-state index in [4.69, 9.17) is 18.5 Å². The Balaban J connectivity index is 2.49. The zero-order chi connectivity index (χ0) is 37.0. The van der Waals surface area contributed by atoms with Crippen LogP contribution in [0.3, 0.4) is 0 Å². The number of esters is 1. The molecule has 12 nitrogen and oxygen atoms in total. The Kier molecular flexibility index (Phi) is 27.4. The minimum Gasteiger partial charge on any atom is -0.457 e. The lowest BCUT2D eigenvalue weighted by Crippen LogP contribution is -2.64. The number of carbonyl (C=O) groups excluding carboxylic acids is 1. The van der Waals surface area contributed by atoms with Crippen molar-refractivity contribution in [3.63, 3.8) is 0 Å². The monoisotopic (exact) mass is 736 g/mol. The maximum atomic E-state index is 12.7. The number of phosphoric ester groups is 1. The van der Waals surface area contributed by atoms with E-state index >= 15 is 0 Å². The summed E-state index contributed by atoms with van der Waals surface area (Å²) >= 11 is 0. The second kappa shape index (κ2) is 29.3. The molecule has 6 N–H and O–H groups in total. The van der Waals surface area contributed by atoms with E-state index in [1.54, 1.807) is 0 Å². The van der Waals surface area contributed by atoms with Gasteiger partial charge < -0.3 is 39.9 Å². The molecule has 0 bridgehead atoms. The van der Waals surface area contributed by atoms with Crippen LogP contribution in [0.25, 0.3) is 0 Å². The number of allylic oxidation sites excluding steroid dienone is 4. The Morgan fingerprint density at radius 3 is 1.76 bits per heavy atom. The molecular formula is C37H69O12P. The average molecular weight is 737 g/mol. The van der Waals surface area contributed by atoms with E-state index in [9.17, 15) is 39.8 Å². The van der Waals surface area contributed by atoms with Crippen molar-refractivity contribution in [1.82, 2.24) is 0 Å². The molecule has 0 aromatic heterocycles. The van der Waals surface area contributed by atoms with E-state index in [-0.39, 0.29) is 13.0 Å². The van der Waals surface area contributed by atoms with Crippen molar-refractivity contribution in [2.75, 3.05) is 19.8 Å². The first kappa shape index (κ1) is 46.8. The smallest absolute Gasteiger partial charge is 0.457 e. The van der Waals surface area contributed by atoms with Gasteiger partial charge in [0, 0.05) is 13.0 Å². The zero-order valence-electron chi connectivity index (χ0n) is 30.7. The first-order valence-electron chi connectivity index (χ1n) is 19.2. The van der Waals surface area contributed by atoms with E-state index in [1.807, 2.05) is 0 Å². The molecule has 1 aliphatic rings. The van der Waals surface area contributed by atoms with Gasteiger partial charge >= 0.3 is 13.8 Å². The van der Waals surface area contributed by atoms with Gasteiger partial charge in [0.2, 0.25) is 0 Å². The molecule has 0 heterocycles. The average Bonchev–Trinajstić information content (AvgIpc) is 3.09. The third-order valence-electron chi connectivity index (χ3n) is 8.81. The van der Waals surface area contributed by atoms with Gasteiger partial charge in [-0.1, -0.05) is 122 Å². The predicted octanol–water partition coefficient (Wildman–Crippen LogP) is 6.19. The largest absolute Gasteiger partial charge is 0.472 e.